The van der Waals surface area contributed by atoms with Crippen LogP contribution >= 0.6 is 0 Å². The Labute approximate surface area is 224 Å². The number of phenolic OH excluding ortho intramolecular Hbond substituents is 1. The van der Waals surface area contributed by atoms with Crippen LogP contribution in [0.3, 0.4) is 0 Å². The van der Waals surface area contributed by atoms with Crippen molar-refractivity contribution in [3.05, 3.63) is 64.7 Å². The molecule has 0 spiro atoms. The van der Waals surface area contributed by atoms with Crippen LogP contribution in [0.4, 0.5) is 0 Å². The van der Waals surface area contributed by atoms with Gasteiger partial charge in [0, 0.05) is 5.41 Å². The zero-order valence-corrected chi connectivity index (χ0v) is 24.5. The normalized spacial score (nSPS) is 13.6. The molecule has 202 valence electrons. The maximum absolute atomic E-state index is 11.3. The Morgan fingerprint density at radius 1 is 0.639 bits per heavy atom. The summed E-state index contributed by atoms with van der Waals surface area (Å²) in [6.45, 7) is 13.7. The van der Waals surface area contributed by atoms with Gasteiger partial charge < -0.3 is 5.11 Å². The lowest BCUT2D eigenvalue weighted by Crippen LogP contribution is -2.20. The number of aromatic hydroxyl groups is 1. The van der Waals surface area contributed by atoms with Crippen molar-refractivity contribution in [3.8, 4) is 5.75 Å². The highest BCUT2D eigenvalue weighted by Crippen LogP contribution is 2.42. The number of hydrogen-bond acceptors (Lipinski definition) is 1. The first kappa shape index (κ1) is 30.5. The molecule has 2 aromatic rings. The first-order chi connectivity index (χ1) is 17.3. The van der Waals surface area contributed by atoms with E-state index in [2.05, 4.69) is 84.0 Å². The van der Waals surface area contributed by atoms with Gasteiger partial charge in [-0.05, 0) is 46.9 Å². The number of phenols is 1. The van der Waals surface area contributed by atoms with Crippen LogP contribution in [0, 0.1) is 0 Å². The first-order valence-electron chi connectivity index (χ1n) is 15.3. The zero-order valence-electron chi connectivity index (χ0n) is 24.5. The average Bonchev–Trinajstić information content (AvgIpc) is 2.89. The SMILES string of the molecule is CCCCCCCCCCCCCCC(C)c1cc(C(C)(C)c2ccccc2)cc(C(C)CC)c1O. The van der Waals surface area contributed by atoms with E-state index in [1.165, 1.54) is 88.2 Å². The van der Waals surface area contributed by atoms with Crippen LogP contribution in [-0.2, 0) is 5.41 Å². The standard InChI is InChI=1S/C35H56O/c1-7-9-10-11-12-13-14-15-16-17-18-20-23-29(4)33-27-31(26-32(34(33)36)28(3)8-2)35(5,6)30-24-21-19-22-25-30/h19,21-22,24-29,36H,7-18,20,23H2,1-6H3. The molecule has 0 amide bonds. The molecule has 1 nitrogen and oxygen atoms in total. The summed E-state index contributed by atoms with van der Waals surface area (Å²) in [6.07, 6.45) is 18.8. The van der Waals surface area contributed by atoms with E-state index in [-0.39, 0.29) is 5.41 Å². The molecule has 0 bridgehead atoms. The Hall–Kier alpha value is -1.76. The fourth-order valence-electron chi connectivity index (χ4n) is 5.48. The van der Waals surface area contributed by atoms with Gasteiger partial charge in [-0.2, -0.15) is 0 Å². The van der Waals surface area contributed by atoms with Gasteiger partial charge in [0.1, 0.15) is 5.75 Å². The molecule has 2 unspecified atom stereocenters. The molecule has 0 radical (unpaired) electrons. The third kappa shape index (κ3) is 9.28. The molecule has 0 aliphatic carbocycles. The smallest absolute Gasteiger partial charge is 0.122 e. The van der Waals surface area contributed by atoms with Crippen molar-refractivity contribution >= 4 is 0 Å². The highest BCUT2D eigenvalue weighted by molar-refractivity contribution is 5.51. The van der Waals surface area contributed by atoms with Crippen molar-refractivity contribution in [2.75, 3.05) is 0 Å². The molecular weight excluding hydrogens is 436 g/mol. The Morgan fingerprint density at radius 2 is 1.11 bits per heavy atom. The lowest BCUT2D eigenvalue weighted by atomic mass is 9.75. The molecule has 2 atom stereocenters. The molecule has 0 aliphatic heterocycles. The molecular formula is C35H56O. The summed E-state index contributed by atoms with van der Waals surface area (Å²) in [5.74, 6) is 1.28. The van der Waals surface area contributed by atoms with Crippen molar-refractivity contribution < 1.29 is 5.11 Å². The largest absolute Gasteiger partial charge is 0.507 e. The maximum atomic E-state index is 11.3. The van der Waals surface area contributed by atoms with Gasteiger partial charge >= 0.3 is 0 Å². The van der Waals surface area contributed by atoms with Crippen molar-refractivity contribution in [2.24, 2.45) is 0 Å². The quantitative estimate of drug-likeness (QED) is 0.205. The van der Waals surface area contributed by atoms with E-state index < -0.39 is 0 Å². The molecule has 1 N–H and O–H groups in total. The van der Waals surface area contributed by atoms with Crippen molar-refractivity contribution in [2.45, 2.75) is 149 Å². The van der Waals surface area contributed by atoms with Gasteiger partial charge in [0.05, 0.1) is 0 Å². The van der Waals surface area contributed by atoms with Crippen LogP contribution in [0.15, 0.2) is 42.5 Å². The Bertz CT molecular complexity index is 850. The van der Waals surface area contributed by atoms with E-state index in [1.807, 2.05) is 0 Å². The predicted molar refractivity (Wildman–Crippen MR) is 159 cm³/mol. The summed E-state index contributed by atoms with van der Waals surface area (Å²) in [5.41, 5.74) is 4.82. The zero-order chi connectivity index (χ0) is 26.4. The third-order valence-corrected chi connectivity index (χ3v) is 8.55. The fourth-order valence-corrected chi connectivity index (χ4v) is 5.48. The minimum Gasteiger partial charge on any atom is -0.507 e. The molecule has 0 aromatic heterocycles. The molecule has 0 fully saturated rings. The number of benzene rings is 2. The molecule has 0 heterocycles. The third-order valence-electron chi connectivity index (χ3n) is 8.55. The highest BCUT2D eigenvalue weighted by atomic mass is 16.3. The maximum Gasteiger partial charge on any atom is 0.122 e. The van der Waals surface area contributed by atoms with Gasteiger partial charge in [-0.25, -0.2) is 0 Å². The minimum atomic E-state index is -0.0956. The summed E-state index contributed by atoms with van der Waals surface area (Å²) >= 11 is 0. The fraction of sp³-hybridized carbons (Fsp3) is 0.657. The summed E-state index contributed by atoms with van der Waals surface area (Å²) in [6, 6.07) is 15.4. The second-order valence-corrected chi connectivity index (χ2v) is 11.9. The lowest BCUT2D eigenvalue weighted by Gasteiger charge is -2.30. The summed E-state index contributed by atoms with van der Waals surface area (Å²) in [4.78, 5) is 0. The van der Waals surface area contributed by atoms with E-state index in [0.29, 0.717) is 17.6 Å². The number of unbranched alkanes of at least 4 members (excludes halogenated alkanes) is 11. The second kappa shape index (κ2) is 16.2. The summed E-state index contributed by atoms with van der Waals surface area (Å²) in [7, 11) is 0. The summed E-state index contributed by atoms with van der Waals surface area (Å²) < 4.78 is 0. The molecule has 1 heteroatoms. The number of rotatable bonds is 18. The second-order valence-electron chi connectivity index (χ2n) is 11.9. The van der Waals surface area contributed by atoms with E-state index in [4.69, 9.17) is 0 Å². The molecule has 0 saturated heterocycles. The van der Waals surface area contributed by atoms with Crippen LogP contribution in [0.5, 0.6) is 5.75 Å². The van der Waals surface area contributed by atoms with Gasteiger partial charge in [0.2, 0.25) is 0 Å². The van der Waals surface area contributed by atoms with Crippen LogP contribution < -0.4 is 0 Å². The Balaban J connectivity index is 1.94. The molecule has 2 rings (SSSR count). The molecule has 2 aromatic carbocycles. The molecule has 0 aliphatic rings. The Kier molecular flexibility index (Phi) is 13.7. The van der Waals surface area contributed by atoms with Crippen LogP contribution in [0.25, 0.3) is 0 Å². The topological polar surface area (TPSA) is 20.2 Å². The van der Waals surface area contributed by atoms with E-state index in [0.717, 1.165) is 24.0 Å². The predicted octanol–water partition coefficient (Wildman–Crippen LogP) is 11.4. The van der Waals surface area contributed by atoms with E-state index in [1.54, 1.807) is 0 Å². The van der Waals surface area contributed by atoms with Gasteiger partial charge in [0.25, 0.3) is 0 Å². The van der Waals surface area contributed by atoms with Crippen molar-refractivity contribution in [1.29, 1.82) is 0 Å². The highest BCUT2D eigenvalue weighted by Gasteiger charge is 2.27. The van der Waals surface area contributed by atoms with Crippen LogP contribution in [-0.4, -0.2) is 5.11 Å². The van der Waals surface area contributed by atoms with Gasteiger partial charge in [-0.15, -0.1) is 0 Å². The van der Waals surface area contributed by atoms with Gasteiger partial charge in [-0.1, -0.05) is 161 Å². The van der Waals surface area contributed by atoms with Crippen molar-refractivity contribution in [1.82, 2.24) is 0 Å². The van der Waals surface area contributed by atoms with Crippen LogP contribution in [0.2, 0.25) is 0 Å². The van der Waals surface area contributed by atoms with Gasteiger partial charge in [-0.3, -0.25) is 0 Å². The first-order valence-corrected chi connectivity index (χ1v) is 15.3. The molecule has 36 heavy (non-hydrogen) atoms. The van der Waals surface area contributed by atoms with E-state index >= 15 is 0 Å². The van der Waals surface area contributed by atoms with Crippen LogP contribution in [0.1, 0.15) is 166 Å². The van der Waals surface area contributed by atoms with Gasteiger partial charge in [0.15, 0.2) is 0 Å². The summed E-state index contributed by atoms with van der Waals surface area (Å²) in [5, 5.41) is 11.3. The Morgan fingerprint density at radius 3 is 1.61 bits per heavy atom. The average molecular weight is 493 g/mol. The minimum absolute atomic E-state index is 0.0956. The molecule has 0 saturated carbocycles. The monoisotopic (exact) mass is 492 g/mol. The van der Waals surface area contributed by atoms with Crippen molar-refractivity contribution in [3.63, 3.8) is 0 Å². The number of hydrogen-bond donors (Lipinski definition) is 1. The van der Waals surface area contributed by atoms with E-state index in [9.17, 15) is 5.11 Å². The lowest BCUT2D eigenvalue weighted by molar-refractivity contribution is 0.443.